The van der Waals surface area contributed by atoms with Crippen LogP contribution < -0.4 is 5.32 Å². The Balaban J connectivity index is 1.33. The first-order valence-electron chi connectivity index (χ1n) is 9.73. The predicted octanol–water partition coefficient (Wildman–Crippen LogP) is 4.71. The van der Waals surface area contributed by atoms with E-state index in [-0.39, 0.29) is 11.2 Å². The molecule has 1 aliphatic carbocycles. The monoisotopic (exact) mass is 396 g/mol. The molecule has 146 valence electrons. The smallest absolute Gasteiger partial charge is 0.277 e. The van der Waals surface area contributed by atoms with E-state index in [1.807, 2.05) is 37.4 Å². The maximum Gasteiger partial charge on any atom is 0.277 e. The van der Waals surface area contributed by atoms with Crippen molar-refractivity contribution in [1.82, 2.24) is 20.5 Å². The summed E-state index contributed by atoms with van der Waals surface area (Å²) in [6.07, 6.45) is 10.0. The summed E-state index contributed by atoms with van der Waals surface area (Å²) in [6, 6.07) is 7.96. The van der Waals surface area contributed by atoms with Gasteiger partial charge in [-0.25, -0.2) is 0 Å². The van der Waals surface area contributed by atoms with E-state index in [1.165, 1.54) is 43.0 Å². The second-order valence-corrected chi connectivity index (χ2v) is 8.32. The number of para-hydroxylation sites is 1. The summed E-state index contributed by atoms with van der Waals surface area (Å²) in [6.45, 7) is 2.54. The van der Waals surface area contributed by atoms with Crippen LogP contribution in [0.4, 0.5) is 0 Å². The van der Waals surface area contributed by atoms with Crippen molar-refractivity contribution in [2.45, 2.75) is 49.5 Å². The Morgan fingerprint density at radius 3 is 3.07 bits per heavy atom. The molecule has 0 saturated carbocycles. The van der Waals surface area contributed by atoms with Crippen molar-refractivity contribution >= 4 is 28.6 Å². The Labute approximate surface area is 168 Å². The van der Waals surface area contributed by atoms with E-state index < -0.39 is 0 Å². The van der Waals surface area contributed by atoms with Crippen molar-refractivity contribution in [2.75, 3.05) is 6.54 Å². The summed E-state index contributed by atoms with van der Waals surface area (Å²) in [5, 5.41) is 12.4. The topological polar surface area (TPSA) is 83.8 Å². The van der Waals surface area contributed by atoms with Crippen LogP contribution in [0.5, 0.6) is 0 Å². The number of nitrogens with one attached hydrogen (secondary N) is 2. The largest absolute Gasteiger partial charge is 0.411 e. The van der Waals surface area contributed by atoms with E-state index in [4.69, 9.17) is 4.42 Å². The molecule has 0 fully saturated rings. The van der Waals surface area contributed by atoms with E-state index in [0.29, 0.717) is 17.7 Å². The second-order valence-electron chi connectivity index (χ2n) is 7.03. The maximum atomic E-state index is 12.4. The third-order valence-corrected chi connectivity index (χ3v) is 5.94. The third kappa shape index (κ3) is 4.30. The normalized spacial score (nSPS) is 15.4. The molecule has 0 unspecified atom stereocenters. The molecule has 0 radical (unpaired) electrons. The van der Waals surface area contributed by atoms with Gasteiger partial charge in [-0.1, -0.05) is 41.6 Å². The van der Waals surface area contributed by atoms with Crippen LogP contribution >= 0.6 is 11.8 Å². The van der Waals surface area contributed by atoms with Gasteiger partial charge < -0.3 is 14.7 Å². The number of carbonyl (C=O) groups excluding carboxylic acids is 1. The summed E-state index contributed by atoms with van der Waals surface area (Å²) >= 11 is 1.28. The van der Waals surface area contributed by atoms with Crippen molar-refractivity contribution in [2.24, 2.45) is 0 Å². The zero-order chi connectivity index (χ0) is 19.3. The van der Waals surface area contributed by atoms with Crippen LogP contribution in [0.1, 0.15) is 39.0 Å². The number of nitrogens with zero attached hydrogens (tertiary/aromatic N) is 2. The van der Waals surface area contributed by atoms with Gasteiger partial charge in [0, 0.05) is 23.6 Å². The molecule has 1 aliphatic rings. The number of rotatable bonds is 7. The highest BCUT2D eigenvalue weighted by molar-refractivity contribution is 8.00. The molecule has 0 bridgehead atoms. The minimum atomic E-state index is -0.295. The number of allylic oxidation sites excluding steroid dienone is 1. The lowest BCUT2D eigenvalue weighted by atomic mass is 9.97. The number of fused-ring (bicyclic) bond motifs is 1. The van der Waals surface area contributed by atoms with Gasteiger partial charge in [0.05, 0.1) is 10.8 Å². The number of aromatic amines is 1. The van der Waals surface area contributed by atoms with Crippen LogP contribution in [0.25, 0.3) is 22.4 Å². The number of H-pyrrole nitrogens is 1. The van der Waals surface area contributed by atoms with Crippen LogP contribution in [0.2, 0.25) is 0 Å². The molecular formula is C21H24N4O2S. The van der Waals surface area contributed by atoms with Gasteiger partial charge in [-0.3, -0.25) is 4.79 Å². The maximum absolute atomic E-state index is 12.4. The van der Waals surface area contributed by atoms with Crippen LogP contribution in [0, 0.1) is 0 Å². The Hall–Kier alpha value is -2.54. The third-order valence-electron chi connectivity index (χ3n) is 5.00. The lowest BCUT2D eigenvalue weighted by Gasteiger charge is -2.14. The Morgan fingerprint density at radius 2 is 2.21 bits per heavy atom. The zero-order valence-corrected chi connectivity index (χ0v) is 16.7. The van der Waals surface area contributed by atoms with E-state index in [1.54, 1.807) is 0 Å². The minimum absolute atomic E-state index is 0.00625. The van der Waals surface area contributed by atoms with E-state index in [2.05, 4.69) is 26.6 Å². The molecule has 6 nitrogen and oxygen atoms in total. The number of benzene rings is 1. The van der Waals surface area contributed by atoms with Crippen molar-refractivity contribution in [1.29, 1.82) is 0 Å². The second kappa shape index (κ2) is 8.65. The van der Waals surface area contributed by atoms with Gasteiger partial charge >= 0.3 is 0 Å². The van der Waals surface area contributed by atoms with Crippen LogP contribution in [-0.2, 0) is 4.79 Å². The molecule has 0 aliphatic heterocycles. The Morgan fingerprint density at radius 1 is 1.32 bits per heavy atom. The summed E-state index contributed by atoms with van der Waals surface area (Å²) in [5.41, 5.74) is 3.35. The fourth-order valence-electron chi connectivity index (χ4n) is 3.44. The Bertz CT molecular complexity index is 991. The van der Waals surface area contributed by atoms with E-state index >= 15 is 0 Å². The number of amides is 1. The summed E-state index contributed by atoms with van der Waals surface area (Å²) < 4.78 is 5.79. The SMILES string of the molecule is C[C@@H](Sc1nnc(-c2c[nH]c3ccccc23)o1)C(=O)NCCC1=CCCCC1. The standard InChI is InChI=1S/C21H24N4O2S/c1-14(19(26)22-12-11-15-7-3-2-4-8-15)28-21-25-24-20(27-21)17-13-23-18-10-6-5-9-16(17)18/h5-7,9-10,13-14,23H,2-4,8,11-12H2,1H3,(H,22,26)/t14-/m1/s1. The molecule has 2 N–H and O–H groups in total. The molecule has 1 aromatic carbocycles. The molecule has 2 aromatic heterocycles. The number of carbonyl (C=O) groups is 1. The molecular weight excluding hydrogens is 372 g/mol. The van der Waals surface area contributed by atoms with Gasteiger partial charge in [0.25, 0.3) is 11.1 Å². The molecule has 0 spiro atoms. The van der Waals surface area contributed by atoms with Gasteiger partial charge in [0.2, 0.25) is 5.91 Å². The molecule has 28 heavy (non-hydrogen) atoms. The van der Waals surface area contributed by atoms with Crippen molar-refractivity contribution in [3.05, 3.63) is 42.1 Å². The molecule has 4 rings (SSSR count). The van der Waals surface area contributed by atoms with Crippen molar-refractivity contribution in [3.8, 4) is 11.5 Å². The molecule has 2 heterocycles. The highest BCUT2D eigenvalue weighted by Gasteiger charge is 2.19. The molecule has 1 atom stereocenters. The quantitative estimate of drug-likeness (QED) is 0.446. The molecule has 3 aromatic rings. The highest BCUT2D eigenvalue weighted by Crippen LogP contribution is 2.30. The van der Waals surface area contributed by atoms with Crippen LogP contribution in [-0.4, -0.2) is 32.9 Å². The lowest BCUT2D eigenvalue weighted by Crippen LogP contribution is -2.31. The summed E-state index contributed by atoms with van der Waals surface area (Å²) in [7, 11) is 0. The van der Waals surface area contributed by atoms with Gasteiger partial charge in [0.15, 0.2) is 0 Å². The molecule has 7 heteroatoms. The van der Waals surface area contributed by atoms with Gasteiger partial charge in [-0.2, -0.15) is 0 Å². The Kier molecular flexibility index (Phi) is 5.81. The van der Waals surface area contributed by atoms with E-state index in [9.17, 15) is 4.79 Å². The number of aromatic nitrogens is 3. The van der Waals surface area contributed by atoms with Gasteiger partial charge in [-0.05, 0) is 45.1 Å². The first-order chi connectivity index (χ1) is 13.7. The average molecular weight is 397 g/mol. The predicted molar refractivity (Wildman–Crippen MR) is 111 cm³/mol. The number of hydrogen-bond acceptors (Lipinski definition) is 5. The zero-order valence-electron chi connectivity index (χ0n) is 15.9. The van der Waals surface area contributed by atoms with Gasteiger partial charge in [0.1, 0.15) is 0 Å². The van der Waals surface area contributed by atoms with Crippen molar-refractivity contribution < 1.29 is 9.21 Å². The molecule has 1 amide bonds. The average Bonchev–Trinajstić information content (AvgIpc) is 3.35. The van der Waals surface area contributed by atoms with Crippen LogP contribution in [0.15, 0.2) is 51.8 Å². The number of thioether (sulfide) groups is 1. The van der Waals surface area contributed by atoms with E-state index in [0.717, 1.165) is 22.9 Å². The van der Waals surface area contributed by atoms with Crippen LogP contribution in [0.3, 0.4) is 0 Å². The fourth-order valence-corrected chi connectivity index (χ4v) is 4.15. The van der Waals surface area contributed by atoms with Crippen molar-refractivity contribution in [3.63, 3.8) is 0 Å². The highest BCUT2D eigenvalue weighted by atomic mass is 32.2. The first kappa shape index (κ1) is 18.8. The molecule has 0 saturated heterocycles. The fraction of sp³-hybridized carbons (Fsp3) is 0.381. The lowest BCUT2D eigenvalue weighted by molar-refractivity contribution is -0.120. The number of hydrogen-bond donors (Lipinski definition) is 2. The minimum Gasteiger partial charge on any atom is -0.411 e. The summed E-state index contributed by atoms with van der Waals surface area (Å²) in [4.78, 5) is 15.6. The summed E-state index contributed by atoms with van der Waals surface area (Å²) in [5.74, 6) is 0.449. The first-order valence-corrected chi connectivity index (χ1v) is 10.6. The van der Waals surface area contributed by atoms with Gasteiger partial charge in [-0.15, -0.1) is 10.2 Å².